The number of hydrogen-bond acceptors (Lipinski definition) is 4. The third-order valence-electron chi connectivity index (χ3n) is 2.84. The van der Waals surface area contributed by atoms with Crippen LogP contribution in [0.2, 0.25) is 0 Å². The van der Waals surface area contributed by atoms with Gasteiger partial charge in [-0.3, -0.25) is 0 Å². The van der Waals surface area contributed by atoms with E-state index in [1.165, 1.54) is 0 Å². The molecule has 0 radical (unpaired) electrons. The van der Waals surface area contributed by atoms with Crippen molar-refractivity contribution >= 4 is 21.8 Å². The van der Waals surface area contributed by atoms with Crippen LogP contribution in [0.4, 0.5) is 8.78 Å². The summed E-state index contributed by atoms with van der Waals surface area (Å²) < 4.78 is 53.1. The summed E-state index contributed by atoms with van der Waals surface area (Å²) in [4.78, 5) is -0.768. The molecular formula is C13H19F2NO3S2. The first-order valence-electron chi connectivity index (χ1n) is 6.49. The Labute approximate surface area is 128 Å². The highest BCUT2D eigenvalue weighted by atomic mass is 32.2. The Kier molecular flexibility index (Phi) is 7.58. The number of rotatable bonds is 9. The van der Waals surface area contributed by atoms with Crippen molar-refractivity contribution in [1.29, 1.82) is 0 Å². The minimum Gasteiger partial charge on any atom is -0.392 e. The van der Waals surface area contributed by atoms with E-state index in [0.29, 0.717) is 6.42 Å². The van der Waals surface area contributed by atoms with Crippen molar-refractivity contribution < 1.29 is 22.3 Å². The Balaban J connectivity index is 2.72. The van der Waals surface area contributed by atoms with Gasteiger partial charge in [-0.2, -0.15) is 11.8 Å². The average Bonchev–Trinajstić information content (AvgIpc) is 2.45. The van der Waals surface area contributed by atoms with Crippen LogP contribution in [0.1, 0.15) is 24.8 Å². The molecule has 0 saturated carbocycles. The Morgan fingerprint density at radius 2 is 1.95 bits per heavy atom. The first-order valence-corrected chi connectivity index (χ1v) is 9.37. The van der Waals surface area contributed by atoms with Crippen LogP contribution in [0, 0.1) is 11.6 Å². The summed E-state index contributed by atoms with van der Waals surface area (Å²) in [6.45, 7) is -0.393. The van der Waals surface area contributed by atoms with Gasteiger partial charge in [-0.15, -0.1) is 0 Å². The van der Waals surface area contributed by atoms with Crippen LogP contribution in [0.3, 0.4) is 0 Å². The molecule has 0 bridgehead atoms. The highest BCUT2D eigenvalue weighted by Crippen LogP contribution is 2.20. The van der Waals surface area contributed by atoms with Crippen molar-refractivity contribution in [1.82, 2.24) is 4.72 Å². The fourth-order valence-corrected chi connectivity index (χ4v) is 3.44. The molecule has 2 N–H and O–H groups in total. The maximum absolute atomic E-state index is 13.6. The van der Waals surface area contributed by atoms with Crippen molar-refractivity contribution in [2.24, 2.45) is 0 Å². The number of unbranched alkanes of at least 4 members (excludes halogenated alkanes) is 2. The molecule has 0 aliphatic carbocycles. The van der Waals surface area contributed by atoms with E-state index in [1.54, 1.807) is 11.8 Å². The third-order valence-corrected chi connectivity index (χ3v) is 5.00. The SMILES string of the molecule is CSCCCCCNS(=O)(=O)c1cc(CO)cc(F)c1F. The number of benzene rings is 1. The van der Waals surface area contributed by atoms with Crippen molar-refractivity contribution in [3.05, 3.63) is 29.3 Å². The van der Waals surface area contributed by atoms with E-state index >= 15 is 0 Å². The molecule has 0 atom stereocenters. The third kappa shape index (κ3) is 5.54. The lowest BCUT2D eigenvalue weighted by atomic mass is 10.2. The molecule has 120 valence electrons. The van der Waals surface area contributed by atoms with Gasteiger partial charge in [0, 0.05) is 6.54 Å². The molecule has 0 aromatic heterocycles. The zero-order valence-electron chi connectivity index (χ0n) is 11.7. The average molecular weight is 339 g/mol. The van der Waals surface area contributed by atoms with Crippen LogP contribution in [-0.4, -0.2) is 32.1 Å². The Bertz CT molecular complexity index is 565. The summed E-state index contributed by atoms with van der Waals surface area (Å²) in [6, 6.07) is 1.71. The summed E-state index contributed by atoms with van der Waals surface area (Å²) in [7, 11) is -4.12. The molecule has 1 rings (SSSR count). The molecule has 21 heavy (non-hydrogen) atoms. The van der Waals surface area contributed by atoms with E-state index in [-0.39, 0.29) is 12.1 Å². The summed E-state index contributed by atoms with van der Waals surface area (Å²) in [5, 5.41) is 8.93. The van der Waals surface area contributed by atoms with Crippen LogP contribution in [0.15, 0.2) is 17.0 Å². The lowest BCUT2D eigenvalue weighted by molar-refractivity contribution is 0.280. The lowest BCUT2D eigenvalue weighted by Gasteiger charge is -2.09. The molecule has 0 amide bonds. The number of nitrogens with one attached hydrogen (secondary N) is 1. The van der Waals surface area contributed by atoms with Crippen molar-refractivity contribution in [2.75, 3.05) is 18.6 Å². The van der Waals surface area contributed by atoms with Gasteiger partial charge in [0.15, 0.2) is 11.6 Å². The van der Waals surface area contributed by atoms with E-state index in [4.69, 9.17) is 5.11 Å². The monoisotopic (exact) mass is 339 g/mol. The number of hydrogen-bond donors (Lipinski definition) is 2. The van der Waals surface area contributed by atoms with Gasteiger partial charge in [0.25, 0.3) is 0 Å². The minimum absolute atomic E-state index is 0.00856. The summed E-state index contributed by atoms with van der Waals surface area (Å²) in [5.41, 5.74) is 0.00856. The predicted octanol–water partition coefficient (Wildman–Crippen LogP) is 2.27. The standard InChI is InChI=1S/C13H19F2NO3S2/c1-20-6-4-2-3-5-16-21(18,19)12-8-10(9-17)7-11(14)13(12)15/h7-8,16-17H,2-6,9H2,1H3. The van der Waals surface area contributed by atoms with Crippen LogP contribution in [-0.2, 0) is 16.6 Å². The second kappa shape index (κ2) is 8.67. The maximum atomic E-state index is 13.6. The second-order valence-corrected chi connectivity index (χ2v) is 7.22. The highest BCUT2D eigenvalue weighted by molar-refractivity contribution is 7.98. The molecule has 0 aliphatic rings. The molecular weight excluding hydrogens is 320 g/mol. The van der Waals surface area contributed by atoms with Gasteiger partial charge in [-0.1, -0.05) is 6.42 Å². The summed E-state index contributed by atoms with van der Waals surface area (Å²) in [6.07, 6.45) is 4.46. The van der Waals surface area contributed by atoms with E-state index in [2.05, 4.69) is 4.72 Å². The topological polar surface area (TPSA) is 66.4 Å². The fraction of sp³-hybridized carbons (Fsp3) is 0.538. The van der Waals surface area contributed by atoms with Gasteiger partial charge in [0.05, 0.1) is 6.61 Å². The van der Waals surface area contributed by atoms with Crippen molar-refractivity contribution in [3.63, 3.8) is 0 Å². The zero-order valence-corrected chi connectivity index (χ0v) is 13.4. The van der Waals surface area contributed by atoms with Gasteiger partial charge >= 0.3 is 0 Å². The fourth-order valence-electron chi connectivity index (χ4n) is 1.74. The highest BCUT2D eigenvalue weighted by Gasteiger charge is 2.22. The number of aliphatic hydroxyl groups excluding tert-OH is 1. The molecule has 1 aromatic carbocycles. The largest absolute Gasteiger partial charge is 0.392 e. The zero-order chi connectivity index (χ0) is 15.9. The molecule has 1 aromatic rings. The van der Waals surface area contributed by atoms with Crippen molar-refractivity contribution in [2.45, 2.75) is 30.8 Å². The molecule has 0 fully saturated rings. The number of aliphatic hydroxyl groups is 1. The number of sulfonamides is 1. The lowest BCUT2D eigenvalue weighted by Crippen LogP contribution is -2.26. The Morgan fingerprint density at radius 1 is 1.24 bits per heavy atom. The molecule has 0 spiro atoms. The van der Waals surface area contributed by atoms with Gasteiger partial charge in [0.1, 0.15) is 4.90 Å². The van der Waals surface area contributed by atoms with E-state index in [9.17, 15) is 17.2 Å². The van der Waals surface area contributed by atoms with Gasteiger partial charge in [0.2, 0.25) is 10.0 Å². The van der Waals surface area contributed by atoms with Crippen LogP contribution >= 0.6 is 11.8 Å². The van der Waals surface area contributed by atoms with Gasteiger partial charge in [-0.25, -0.2) is 21.9 Å². The second-order valence-electron chi connectivity index (χ2n) is 4.50. The molecule has 0 unspecified atom stereocenters. The predicted molar refractivity (Wildman–Crippen MR) is 79.7 cm³/mol. The summed E-state index contributed by atoms with van der Waals surface area (Å²) >= 11 is 1.72. The molecule has 4 nitrogen and oxygen atoms in total. The van der Waals surface area contributed by atoms with Gasteiger partial charge in [-0.05, 0) is 42.5 Å². The molecule has 8 heteroatoms. The smallest absolute Gasteiger partial charge is 0.243 e. The van der Waals surface area contributed by atoms with Gasteiger partial charge < -0.3 is 5.11 Å². The first-order chi connectivity index (χ1) is 9.92. The van der Waals surface area contributed by atoms with E-state index in [0.717, 1.165) is 30.7 Å². The summed E-state index contributed by atoms with van der Waals surface area (Å²) in [5.74, 6) is -1.71. The number of thioether (sulfide) groups is 1. The molecule has 0 heterocycles. The first kappa shape index (κ1) is 18.3. The van der Waals surface area contributed by atoms with Crippen LogP contribution in [0.5, 0.6) is 0 Å². The maximum Gasteiger partial charge on any atom is 0.243 e. The normalized spacial score (nSPS) is 11.8. The Hall–Kier alpha value is -0.700. The minimum atomic E-state index is -4.12. The molecule has 0 saturated heterocycles. The van der Waals surface area contributed by atoms with E-state index < -0.39 is 33.2 Å². The molecule has 0 aliphatic heterocycles. The quantitative estimate of drug-likeness (QED) is 0.678. The Morgan fingerprint density at radius 3 is 2.57 bits per heavy atom. The van der Waals surface area contributed by atoms with Crippen LogP contribution < -0.4 is 4.72 Å². The van der Waals surface area contributed by atoms with E-state index in [1.807, 2.05) is 6.26 Å². The number of halogens is 2. The van der Waals surface area contributed by atoms with Crippen molar-refractivity contribution in [3.8, 4) is 0 Å². The van der Waals surface area contributed by atoms with Crippen LogP contribution in [0.25, 0.3) is 0 Å².